The van der Waals surface area contributed by atoms with Crippen LogP contribution in [0.25, 0.3) is 0 Å². The van der Waals surface area contributed by atoms with Gasteiger partial charge in [0.05, 0.1) is 13.2 Å². The van der Waals surface area contributed by atoms with Crippen LogP contribution in [-0.4, -0.2) is 30.5 Å². The van der Waals surface area contributed by atoms with E-state index >= 15 is 0 Å². The van der Waals surface area contributed by atoms with Crippen LogP contribution < -0.4 is 0 Å². The predicted molar refractivity (Wildman–Crippen MR) is 55.2 cm³/mol. The van der Waals surface area contributed by atoms with Gasteiger partial charge in [-0.05, 0) is 20.8 Å². The van der Waals surface area contributed by atoms with Crippen LogP contribution in [0.15, 0.2) is 0 Å². The number of halogens is 1. The fourth-order valence-electron chi connectivity index (χ4n) is 0.773. The van der Waals surface area contributed by atoms with E-state index in [1.807, 2.05) is 0 Å². The first-order valence-corrected chi connectivity index (χ1v) is 5.55. The number of carbonyl (C=O) groups is 2. The second-order valence-electron chi connectivity index (χ2n) is 2.91. The molecule has 82 valence electrons. The Balaban J connectivity index is 4.60. The summed E-state index contributed by atoms with van der Waals surface area (Å²) in [6.45, 7) is 5.38. The predicted octanol–water partition coefficient (Wildman–Crippen LogP) is 1.51. The molecule has 0 aromatic heterocycles. The lowest BCUT2D eigenvalue weighted by Gasteiger charge is -2.22. The summed E-state index contributed by atoms with van der Waals surface area (Å²) in [5, 5.41) is 0.192. The average Bonchev–Trinajstić information content (AvgIpc) is 2.17. The van der Waals surface area contributed by atoms with Crippen molar-refractivity contribution in [3.8, 4) is 0 Å². The summed E-state index contributed by atoms with van der Waals surface area (Å²) in [4.78, 5) is 22.9. The second kappa shape index (κ2) is 6.01. The number of ether oxygens (including phenoxy) is 2. The summed E-state index contributed by atoms with van der Waals surface area (Å²) in [5.41, 5.74) is -1.24. The smallest absolute Gasteiger partial charge is 0.324 e. The number of rotatable bonds is 5. The molecule has 4 nitrogen and oxygen atoms in total. The van der Waals surface area contributed by atoms with Crippen molar-refractivity contribution in [3.05, 3.63) is 0 Å². The van der Waals surface area contributed by atoms with Crippen LogP contribution in [0.5, 0.6) is 0 Å². The molecule has 0 spiro atoms. The van der Waals surface area contributed by atoms with Crippen molar-refractivity contribution in [2.24, 2.45) is 5.41 Å². The highest BCUT2D eigenvalue weighted by Crippen LogP contribution is 2.23. The lowest BCUT2D eigenvalue weighted by molar-refractivity contribution is -0.168. The second-order valence-corrected chi connectivity index (χ2v) is 3.47. The summed E-state index contributed by atoms with van der Waals surface area (Å²) >= 11 is 3.11. The zero-order valence-corrected chi connectivity index (χ0v) is 10.2. The van der Waals surface area contributed by atoms with Crippen LogP contribution in [-0.2, 0) is 19.1 Å². The van der Waals surface area contributed by atoms with Crippen molar-refractivity contribution in [3.63, 3.8) is 0 Å². The van der Waals surface area contributed by atoms with Gasteiger partial charge in [0.1, 0.15) is 0 Å². The molecular formula is C9H15BrO4. The minimum Gasteiger partial charge on any atom is -0.465 e. The van der Waals surface area contributed by atoms with Gasteiger partial charge in [-0.15, -0.1) is 0 Å². The third-order valence-corrected chi connectivity index (χ3v) is 2.84. The lowest BCUT2D eigenvalue weighted by Crippen LogP contribution is -2.40. The summed E-state index contributed by atoms with van der Waals surface area (Å²) < 4.78 is 9.59. The van der Waals surface area contributed by atoms with Crippen molar-refractivity contribution >= 4 is 27.9 Å². The minimum atomic E-state index is -1.24. The molecule has 0 unspecified atom stereocenters. The summed E-state index contributed by atoms with van der Waals surface area (Å²) in [6, 6.07) is 0. The van der Waals surface area contributed by atoms with E-state index in [1.165, 1.54) is 6.92 Å². The maximum atomic E-state index is 11.5. The Bertz CT molecular complexity index is 197. The van der Waals surface area contributed by atoms with Crippen molar-refractivity contribution in [2.45, 2.75) is 20.8 Å². The Morgan fingerprint density at radius 1 is 1.14 bits per heavy atom. The molecule has 0 atom stereocenters. The lowest BCUT2D eigenvalue weighted by atomic mass is 9.94. The van der Waals surface area contributed by atoms with Gasteiger partial charge >= 0.3 is 11.9 Å². The van der Waals surface area contributed by atoms with Gasteiger partial charge in [-0.25, -0.2) is 0 Å². The van der Waals surface area contributed by atoms with Crippen molar-refractivity contribution < 1.29 is 19.1 Å². The third-order valence-electron chi connectivity index (χ3n) is 1.72. The van der Waals surface area contributed by atoms with E-state index in [1.54, 1.807) is 13.8 Å². The number of alkyl halides is 1. The van der Waals surface area contributed by atoms with Crippen LogP contribution >= 0.6 is 15.9 Å². The Labute approximate surface area is 92.1 Å². The Morgan fingerprint density at radius 2 is 1.50 bits per heavy atom. The van der Waals surface area contributed by atoms with Crippen LogP contribution in [0.1, 0.15) is 20.8 Å². The van der Waals surface area contributed by atoms with Gasteiger partial charge in [0.15, 0.2) is 5.41 Å². The summed E-state index contributed by atoms with van der Waals surface area (Å²) in [6.07, 6.45) is 0. The fraction of sp³-hybridized carbons (Fsp3) is 0.778. The standard InChI is InChI=1S/C9H15BrO4/c1-4-13-7(11)9(3,6-10)8(12)14-5-2/h4-6H2,1-3H3. The van der Waals surface area contributed by atoms with E-state index < -0.39 is 17.4 Å². The average molecular weight is 267 g/mol. The molecule has 0 fully saturated rings. The number of carbonyl (C=O) groups excluding carboxylic acids is 2. The molecule has 0 aliphatic heterocycles. The molecule has 0 heterocycles. The quantitative estimate of drug-likeness (QED) is 0.430. The minimum absolute atomic E-state index is 0.192. The number of hydrogen-bond acceptors (Lipinski definition) is 4. The molecule has 0 N–H and O–H groups in total. The maximum Gasteiger partial charge on any atom is 0.324 e. The number of hydrogen-bond donors (Lipinski definition) is 0. The first kappa shape index (κ1) is 13.4. The van der Waals surface area contributed by atoms with Crippen LogP contribution in [0.3, 0.4) is 0 Å². The third kappa shape index (κ3) is 2.97. The zero-order chi connectivity index (χ0) is 11.2. The normalized spacial score (nSPS) is 10.9. The van der Waals surface area contributed by atoms with Crippen LogP contribution in [0.4, 0.5) is 0 Å². The molecular weight excluding hydrogens is 252 g/mol. The molecule has 0 bridgehead atoms. The number of esters is 2. The Morgan fingerprint density at radius 3 is 1.71 bits per heavy atom. The van der Waals surface area contributed by atoms with E-state index in [2.05, 4.69) is 15.9 Å². The molecule has 0 radical (unpaired) electrons. The SMILES string of the molecule is CCOC(=O)C(C)(CBr)C(=O)OCC. The van der Waals surface area contributed by atoms with Gasteiger partial charge < -0.3 is 9.47 Å². The largest absolute Gasteiger partial charge is 0.465 e. The fourth-order valence-corrected chi connectivity index (χ4v) is 1.23. The maximum absolute atomic E-state index is 11.5. The zero-order valence-electron chi connectivity index (χ0n) is 8.63. The van der Waals surface area contributed by atoms with Crippen molar-refractivity contribution in [1.82, 2.24) is 0 Å². The van der Waals surface area contributed by atoms with Crippen molar-refractivity contribution in [1.29, 1.82) is 0 Å². The van der Waals surface area contributed by atoms with Gasteiger partial charge in [-0.2, -0.15) is 0 Å². The molecule has 14 heavy (non-hydrogen) atoms. The van der Waals surface area contributed by atoms with Crippen LogP contribution in [0.2, 0.25) is 0 Å². The highest BCUT2D eigenvalue weighted by atomic mass is 79.9. The summed E-state index contributed by atoms with van der Waals surface area (Å²) in [5.74, 6) is -1.12. The first-order valence-electron chi connectivity index (χ1n) is 4.43. The van der Waals surface area contributed by atoms with Gasteiger partial charge in [-0.3, -0.25) is 9.59 Å². The molecule has 0 rings (SSSR count). The molecule has 0 amide bonds. The van der Waals surface area contributed by atoms with Gasteiger partial charge in [0.25, 0.3) is 0 Å². The molecule has 0 saturated carbocycles. The van der Waals surface area contributed by atoms with Gasteiger partial charge in [0, 0.05) is 5.33 Å². The van der Waals surface area contributed by atoms with Crippen LogP contribution in [0, 0.1) is 5.41 Å². The molecule has 0 aliphatic carbocycles. The van der Waals surface area contributed by atoms with Gasteiger partial charge in [0.2, 0.25) is 0 Å². The molecule has 0 aromatic rings. The van der Waals surface area contributed by atoms with Gasteiger partial charge in [-0.1, -0.05) is 15.9 Å². The van der Waals surface area contributed by atoms with E-state index in [9.17, 15) is 9.59 Å². The monoisotopic (exact) mass is 266 g/mol. The summed E-state index contributed by atoms with van der Waals surface area (Å²) in [7, 11) is 0. The Kier molecular flexibility index (Phi) is 5.76. The molecule has 5 heteroatoms. The van der Waals surface area contributed by atoms with E-state index in [4.69, 9.17) is 9.47 Å². The van der Waals surface area contributed by atoms with E-state index in [-0.39, 0.29) is 18.5 Å². The molecule has 0 aliphatic rings. The molecule has 0 aromatic carbocycles. The van der Waals surface area contributed by atoms with Crippen molar-refractivity contribution in [2.75, 3.05) is 18.5 Å². The van der Waals surface area contributed by atoms with E-state index in [0.717, 1.165) is 0 Å². The van der Waals surface area contributed by atoms with E-state index in [0.29, 0.717) is 0 Å². The molecule has 0 saturated heterocycles. The topological polar surface area (TPSA) is 52.6 Å². The highest BCUT2D eigenvalue weighted by molar-refractivity contribution is 9.09. The first-order chi connectivity index (χ1) is 6.52. The highest BCUT2D eigenvalue weighted by Gasteiger charge is 2.43. The Hall–Kier alpha value is -0.580.